The summed E-state index contributed by atoms with van der Waals surface area (Å²) in [6.45, 7) is 2.12. The smallest absolute Gasteiger partial charge is 0.244 e. The number of hydrogen-bond acceptors (Lipinski definition) is 7. The van der Waals surface area contributed by atoms with Gasteiger partial charge in [0.2, 0.25) is 17.8 Å². The average Bonchev–Trinajstić information content (AvgIpc) is 2.72. The van der Waals surface area contributed by atoms with Gasteiger partial charge in [-0.05, 0) is 0 Å². The molecule has 0 unspecified atom stereocenters. The van der Waals surface area contributed by atoms with Crippen molar-refractivity contribution >= 4 is 11.9 Å². The lowest BCUT2D eigenvalue weighted by Crippen LogP contribution is -2.02. The van der Waals surface area contributed by atoms with Crippen molar-refractivity contribution in [3.05, 3.63) is 11.7 Å². The first-order valence-corrected chi connectivity index (χ1v) is 3.95. The van der Waals surface area contributed by atoms with Crippen LogP contribution in [-0.4, -0.2) is 25.3 Å². The van der Waals surface area contributed by atoms with Crippen molar-refractivity contribution in [3.63, 3.8) is 0 Å². The van der Waals surface area contributed by atoms with Gasteiger partial charge in [0, 0.05) is 6.92 Å². The van der Waals surface area contributed by atoms with Crippen molar-refractivity contribution in [1.29, 1.82) is 0 Å². The van der Waals surface area contributed by atoms with Crippen LogP contribution in [0.2, 0.25) is 0 Å². The van der Waals surface area contributed by atoms with E-state index < -0.39 is 0 Å². The van der Waals surface area contributed by atoms with Crippen LogP contribution < -0.4 is 11.1 Å². The highest BCUT2D eigenvalue weighted by Gasteiger charge is 2.03. The zero-order valence-corrected chi connectivity index (χ0v) is 7.48. The molecule has 2 aromatic rings. The van der Waals surface area contributed by atoms with E-state index in [4.69, 9.17) is 10.3 Å². The van der Waals surface area contributed by atoms with Crippen LogP contribution >= 0.6 is 0 Å². The Kier molecular flexibility index (Phi) is 2.01. The first kappa shape index (κ1) is 8.48. The van der Waals surface area contributed by atoms with E-state index in [-0.39, 0.29) is 5.95 Å². The van der Waals surface area contributed by atoms with Gasteiger partial charge in [0.25, 0.3) is 0 Å². The fourth-order valence-electron chi connectivity index (χ4n) is 0.925. The summed E-state index contributed by atoms with van der Waals surface area (Å²) < 4.78 is 4.78. The van der Waals surface area contributed by atoms with Crippen LogP contribution in [-0.2, 0) is 6.54 Å². The van der Waals surface area contributed by atoms with Crippen LogP contribution in [0.5, 0.6) is 0 Å². The zero-order valence-electron chi connectivity index (χ0n) is 7.48. The molecule has 2 heterocycles. The molecule has 0 aromatic carbocycles. The van der Waals surface area contributed by atoms with Crippen LogP contribution in [0.3, 0.4) is 0 Å². The Morgan fingerprint density at radius 1 is 1.50 bits per heavy atom. The number of nitrogens with two attached hydrogens (primary N) is 1. The molecule has 0 saturated heterocycles. The lowest BCUT2D eigenvalue weighted by atomic mass is 10.6. The van der Waals surface area contributed by atoms with E-state index >= 15 is 0 Å². The maximum atomic E-state index is 5.33. The summed E-state index contributed by atoms with van der Waals surface area (Å²) >= 11 is 0. The molecular formula is C6H9N7O. The molecule has 0 aliphatic heterocycles. The number of nitrogens with one attached hydrogen (secondary N) is 2. The topological polar surface area (TPSA) is 119 Å². The lowest BCUT2D eigenvalue weighted by Gasteiger charge is -1.94. The van der Waals surface area contributed by atoms with Crippen LogP contribution in [0.25, 0.3) is 0 Å². The molecular weight excluding hydrogens is 186 g/mol. The summed E-state index contributed by atoms with van der Waals surface area (Å²) in [5, 5.41) is 12.8. The van der Waals surface area contributed by atoms with Crippen molar-refractivity contribution in [2.45, 2.75) is 13.5 Å². The average molecular weight is 195 g/mol. The Labute approximate surface area is 78.9 Å². The van der Waals surface area contributed by atoms with Gasteiger partial charge in [0.15, 0.2) is 5.82 Å². The molecule has 8 nitrogen and oxygen atoms in total. The second kappa shape index (κ2) is 3.32. The number of H-pyrrole nitrogens is 1. The summed E-state index contributed by atoms with van der Waals surface area (Å²) in [7, 11) is 0. The third-order valence-corrected chi connectivity index (χ3v) is 1.48. The maximum Gasteiger partial charge on any atom is 0.244 e. The minimum absolute atomic E-state index is 0.261. The highest BCUT2D eigenvalue weighted by Crippen LogP contribution is 2.01. The van der Waals surface area contributed by atoms with Crippen molar-refractivity contribution < 1.29 is 4.52 Å². The SMILES string of the molecule is Cc1nc(CNc2n[nH]c(N)n2)no1. The molecule has 0 aliphatic rings. The number of aromatic nitrogens is 5. The molecule has 0 radical (unpaired) electrons. The van der Waals surface area contributed by atoms with E-state index in [2.05, 4.69) is 30.6 Å². The predicted molar refractivity (Wildman–Crippen MR) is 47.2 cm³/mol. The minimum Gasteiger partial charge on any atom is -0.368 e. The fraction of sp³-hybridized carbons (Fsp3) is 0.333. The van der Waals surface area contributed by atoms with Crippen molar-refractivity contribution in [3.8, 4) is 0 Å². The Balaban J connectivity index is 1.94. The van der Waals surface area contributed by atoms with Crippen LogP contribution in [0.4, 0.5) is 11.9 Å². The predicted octanol–water partition coefficient (Wildman–Crippen LogP) is -0.310. The van der Waals surface area contributed by atoms with Crippen LogP contribution in [0.15, 0.2) is 4.52 Å². The minimum atomic E-state index is 0.261. The van der Waals surface area contributed by atoms with Crippen LogP contribution in [0, 0.1) is 6.92 Å². The van der Waals surface area contributed by atoms with Gasteiger partial charge in [-0.1, -0.05) is 5.16 Å². The largest absolute Gasteiger partial charge is 0.368 e. The molecule has 14 heavy (non-hydrogen) atoms. The normalized spacial score (nSPS) is 10.4. The van der Waals surface area contributed by atoms with Gasteiger partial charge in [0.1, 0.15) is 0 Å². The van der Waals surface area contributed by atoms with E-state index in [0.29, 0.717) is 24.2 Å². The Hall–Kier alpha value is -2.12. The van der Waals surface area contributed by atoms with Gasteiger partial charge in [-0.2, -0.15) is 9.97 Å². The molecule has 2 rings (SSSR count). The molecule has 2 aromatic heterocycles. The molecule has 0 spiro atoms. The molecule has 0 saturated carbocycles. The number of aryl methyl sites for hydroxylation is 1. The summed E-state index contributed by atoms with van der Waals surface area (Å²) in [5.74, 6) is 1.74. The standard InChI is InChI=1S/C6H9N7O/c1-3-9-4(13-14-3)2-8-6-10-5(7)11-12-6/h2H2,1H3,(H4,7,8,10,11,12). The molecule has 74 valence electrons. The molecule has 0 atom stereocenters. The van der Waals surface area contributed by atoms with Gasteiger partial charge in [-0.25, -0.2) is 5.10 Å². The lowest BCUT2D eigenvalue weighted by molar-refractivity contribution is 0.388. The maximum absolute atomic E-state index is 5.33. The van der Waals surface area contributed by atoms with Gasteiger partial charge in [-0.15, -0.1) is 5.10 Å². The third kappa shape index (κ3) is 1.79. The van der Waals surface area contributed by atoms with Gasteiger partial charge in [-0.3, -0.25) is 0 Å². The second-order valence-electron chi connectivity index (χ2n) is 2.63. The summed E-state index contributed by atoms with van der Waals surface area (Å²) in [6.07, 6.45) is 0. The Bertz CT molecular complexity index is 379. The fourth-order valence-corrected chi connectivity index (χ4v) is 0.925. The first-order valence-electron chi connectivity index (χ1n) is 3.95. The van der Waals surface area contributed by atoms with E-state index in [1.165, 1.54) is 0 Å². The third-order valence-electron chi connectivity index (χ3n) is 1.48. The molecule has 0 amide bonds. The number of nitrogen functional groups attached to an aromatic ring is 1. The number of nitrogens with zero attached hydrogens (tertiary/aromatic N) is 4. The quantitative estimate of drug-likeness (QED) is 0.614. The zero-order chi connectivity index (χ0) is 9.97. The monoisotopic (exact) mass is 195 g/mol. The summed E-state index contributed by atoms with van der Waals surface area (Å²) in [5.41, 5.74) is 5.33. The van der Waals surface area contributed by atoms with Crippen molar-refractivity contribution in [1.82, 2.24) is 25.3 Å². The van der Waals surface area contributed by atoms with E-state index in [1.54, 1.807) is 6.92 Å². The Morgan fingerprint density at radius 2 is 2.36 bits per heavy atom. The summed E-state index contributed by atoms with van der Waals surface area (Å²) in [4.78, 5) is 7.84. The molecule has 0 bridgehead atoms. The highest BCUT2D eigenvalue weighted by molar-refractivity contribution is 5.29. The number of aromatic amines is 1. The first-order chi connectivity index (χ1) is 6.74. The van der Waals surface area contributed by atoms with Gasteiger partial charge in [0.05, 0.1) is 6.54 Å². The second-order valence-corrected chi connectivity index (χ2v) is 2.63. The Morgan fingerprint density at radius 3 is 2.93 bits per heavy atom. The van der Waals surface area contributed by atoms with Crippen LogP contribution in [0.1, 0.15) is 11.7 Å². The molecule has 8 heteroatoms. The number of rotatable bonds is 3. The van der Waals surface area contributed by atoms with E-state index in [1.807, 2.05) is 0 Å². The summed E-state index contributed by atoms with van der Waals surface area (Å²) in [6, 6.07) is 0. The highest BCUT2D eigenvalue weighted by atomic mass is 16.5. The molecule has 0 fully saturated rings. The van der Waals surface area contributed by atoms with Crippen molar-refractivity contribution in [2.24, 2.45) is 0 Å². The number of hydrogen-bond donors (Lipinski definition) is 3. The van der Waals surface area contributed by atoms with Gasteiger partial charge >= 0.3 is 0 Å². The van der Waals surface area contributed by atoms with E-state index in [9.17, 15) is 0 Å². The number of anilines is 2. The van der Waals surface area contributed by atoms with E-state index in [0.717, 1.165) is 0 Å². The van der Waals surface area contributed by atoms with Gasteiger partial charge < -0.3 is 15.6 Å². The van der Waals surface area contributed by atoms with Crippen molar-refractivity contribution in [2.75, 3.05) is 11.1 Å². The molecule has 0 aliphatic carbocycles. The molecule has 4 N–H and O–H groups in total.